The minimum absolute atomic E-state index is 0.0137. The van der Waals surface area contributed by atoms with E-state index in [9.17, 15) is 9.59 Å². The lowest BCUT2D eigenvalue weighted by atomic mass is 10.0. The van der Waals surface area contributed by atoms with E-state index in [-0.39, 0.29) is 17.7 Å². The van der Waals surface area contributed by atoms with Gasteiger partial charge in [0.25, 0.3) is 5.91 Å². The molecule has 4 nitrogen and oxygen atoms in total. The van der Waals surface area contributed by atoms with Crippen LogP contribution in [0, 0.1) is 5.92 Å². The molecule has 0 aliphatic heterocycles. The van der Waals surface area contributed by atoms with Crippen LogP contribution >= 0.6 is 15.9 Å². The molecule has 2 rings (SSSR count). The van der Waals surface area contributed by atoms with Gasteiger partial charge < -0.3 is 10.6 Å². The van der Waals surface area contributed by atoms with Crippen LogP contribution in [0.25, 0.3) is 0 Å². The second-order valence-electron chi connectivity index (χ2n) is 5.91. The van der Waals surface area contributed by atoms with Gasteiger partial charge in [-0.2, -0.15) is 0 Å². The van der Waals surface area contributed by atoms with Crippen LogP contribution in [0.4, 0.5) is 0 Å². The van der Waals surface area contributed by atoms with Crippen LogP contribution in [-0.2, 0) is 11.3 Å². The maximum absolute atomic E-state index is 12.4. The number of hydrogen-bond acceptors (Lipinski definition) is 2. The highest BCUT2D eigenvalue weighted by Crippen LogP contribution is 2.11. The quantitative estimate of drug-likeness (QED) is 0.794. The standard InChI is InChI=1S/C19H21BrN2O2/c1-13(2)17(19(24)21-12-14-6-4-3-5-7-14)22-18(23)15-8-10-16(20)11-9-15/h3-11,13,17H,12H2,1-2H3,(H,21,24)(H,22,23)/t17-/m0/s1. The maximum atomic E-state index is 12.4. The summed E-state index contributed by atoms with van der Waals surface area (Å²) >= 11 is 3.34. The Hall–Kier alpha value is -2.14. The first kappa shape index (κ1) is 18.2. The van der Waals surface area contributed by atoms with E-state index < -0.39 is 6.04 Å². The van der Waals surface area contributed by atoms with Gasteiger partial charge in [0, 0.05) is 16.6 Å². The molecule has 0 fully saturated rings. The van der Waals surface area contributed by atoms with Gasteiger partial charge in [0.1, 0.15) is 6.04 Å². The second kappa shape index (κ2) is 8.64. The smallest absolute Gasteiger partial charge is 0.251 e. The van der Waals surface area contributed by atoms with Crippen molar-refractivity contribution in [3.8, 4) is 0 Å². The average Bonchev–Trinajstić information content (AvgIpc) is 2.58. The first-order chi connectivity index (χ1) is 11.5. The fourth-order valence-electron chi connectivity index (χ4n) is 2.26. The number of amides is 2. The average molecular weight is 389 g/mol. The third-order valence-corrected chi connectivity index (χ3v) is 4.18. The third-order valence-electron chi connectivity index (χ3n) is 3.65. The van der Waals surface area contributed by atoms with Crippen molar-refractivity contribution in [1.82, 2.24) is 10.6 Å². The number of halogens is 1. The number of carbonyl (C=O) groups excluding carboxylic acids is 2. The van der Waals surface area contributed by atoms with Crippen LogP contribution in [0.15, 0.2) is 59.1 Å². The van der Waals surface area contributed by atoms with Crippen LogP contribution in [0.3, 0.4) is 0 Å². The molecule has 0 saturated carbocycles. The molecule has 5 heteroatoms. The van der Waals surface area contributed by atoms with Gasteiger partial charge >= 0.3 is 0 Å². The molecule has 0 spiro atoms. The molecule has 0 aliphatic carbocycles. The summed E-state index contributed by atoms with van der Waals surface area (Å²) in [6.45, 7) is 4.26. The topological polar surface area (TPSA) is 58.2 Å². The highest BCUT2D eigenvalue weighted by atomic mass is 79.9. The van der Waals surface area contributed by atoms with E-state index in [1.54, 1.807) is 24.3 Å². The lowest BCUT2D eigenvalue weighted by Crippen LogP contribution is -2.49. The Morgan fingerprint density at radius 2 is 1.62 bits per heavy atom. The molecule has 2 aromatic rings. The minimum Gasteiger partial charge on any atom is -0.350 e. The molecule has 0 radical (unpaired) electrons. The molecule has 2 N–H and O–H groups in total. The molecule has 0 aliphatic rings. The summed E-state index contributed by atoms with van der Waals surface area (Å²) in [5, 5.41) is 5.71. The zero-order valence-electron chi connectivity index (χ0n) is 13.8. The van der Waals surface area contributed by atoms with Gasteiger partial charge in [0.2, 0.25) is 5.91 Å². The molecule has 2 amide bonds. The summed E-state index contributed by atoms with van der Waals surface area (Å²) in [7, 11) is 0. The molecule has 2 aromatic carbocycles. The van der Waals surface area contributed by atoms with E-state index in [0.29, 0.717) is 12.1 Å². The molecule has 1 atom stereocenters. The predicted molar refractivity (Wildman–Crippen MR) is 98.5 cm³/mol. The van der Waals surface area contributed by atoms with Crippen LogP contribution in [0.5, 0.6) is 0 Å². The molecule has 0 aromatic heterocycles. The number of benzene rings is 2. The zero-order valence-corrected chi connectivity index (χ0v) is 15.3. The van der Waals surface area contributed by atoms with Gasteiger partial charge in [-0.25, -0.2) is 0 Å². The minimum atomic E-state index is -0.579. The Bertz CT molecular complexity index is 684. The normalized spacial score (nSPS) is 11.8. The molecular weight excluding hydrogens is 368 g/mol. The third kappa shape index (κ3) is 5.20. The lowest BCUT2D eigenvalue weighted by Gasteiger charge is -2.22. The van der Waals surface area contributed by atoms with E-state index in [4.69, 9.17) is 0 Å². The highest BCUT2D eigenvalue weighted by molar-refractivity contribution is 9.10. The van der Waals surface area contributed by atoms with Crippen molar-refractivity contribution in [2.75, 3.05) is 0 Å². The summed E-state index contributed by atoms with van der Waals surface area (Å²) in [5.74, 6) is -0.449. The summed E-state index contributed by atoms with van der Waals surface area (Å²) < 4.78 is 0.903. The van der Waals surface area contributed by atoms with Crippen LogP contribution in [0.1, 0.15) is 29.8 Å². The van der Waals surface area contributed by atoms with Gasteiger partial charge in [-0.05, 0) is 35.7 Å². The number of nitrogens with one attached hydrogen (secondary N) is 2. The van der Waals surface area contributed by atoms with E-state index in [0.717, 1.165) is 10.0 Å². The first-order valence-electron chi connectivity index (χ1n) is 7.85. The van der Waals surface area contributed by atoms with Crippen molar-refractivity contribution in [3.05, 3.63) is 70.2 Å². The number of carbonyl (C=O) groups is 2. The van der Waals surface area contributed by atoms with Crippen molar-refractivity contribution in [2.45, 2.75) is 26.4 Å². The largest absolute Gasteiger partial charge is 0.350 e. The molecular formula is C19H21BrN2O2. The highest BCUT2D eigenvalue weighted by Gasteiger charge is 2.24. The van der Waals surface area contributed by atoms with Crippen molar-refractivity contribution >= 4 is 27.7 Å². The van der Waals surface area contributed by atoms with Gasteiger partial charge in [0.05, 0.1) is 0 Å². The lowest BCUT2D eigenvalue weighted by molar-refractivity contribution is -0.124. The predicted octanol–water partition coefficient (Wildman–Crippen LogP) is 3.52. The van der Waals surface area contributed by atoms with Gasteiger partial charge in [-0.3, -0.25) is 9.59 Å². The van der Waals surface area contributed by atoms with Gasteiger partial charge in [-0.1, -0.05) is 60.1 Å². The molecule has 24 heavy (non-hydrogen) atoms. The molecule has 0 saturated heterocycles. The molecule has 0 heterocycles. The SMILES string of the molecule is CC(C)[C@H](NC(=O)c1ccc(Br)cc1)C(=O)NCc1ccccc1. The van der Waals surface area contributed by atoms with E-state index >= 15 is 0 Å². The van der Waals surface area contributed by atoms with E-state index in [2.05, 4.69) is 26.6 Å². The molecule has 126 valence electrons. The van der Waals surface area contributed by atoms with Crippen molar-refractivity contribution < 1.29 is 9.59 Å². The van der Waals surface area contributed by atoms with Crippen molar-refractivity contribution in [3.63, 3.8) is 0 Å². The maximum Gasteiger partial charge on any atom is 0.251 e. The van der Waals surface area contributed by atoms with Gasteiger partial charge in [0.15, 0.2) is 0 Å². The first-order valence-corrected chi connectivity index (χ1v) is 8.64. The van der Waals surface area contributed by atoms with Crippen LogP contribution in [0.2, 0.25) is 0 Å². The van der Waals surface area contributed by atoms with Crippen molar-refractivity contribution in [1.29, 1.82) is 0 Å². The van der Waals surface area contributed by atoms with E-state index in [1.165, 1.54) is 0 Å². The monoisotopic (exact) mass is 388 g/mol. The second-order valence-corrected chi connectivity index (χ2v) is 6.82. The van der Waals surface area contributed by atoms with Crippen LogP contribution in [-0.4, -0.2) is 17.9 Å². The van der Waals surface area contributed by atoms with E-state index in [1.807, 2.05) is 44.2 Å². The number of hydrogen-bond donors (Lipinski definition) is 2. The van der Waals surface area contributed by atoms with Crippen molar-refractivity contribution in [2.24, 2.45) is 5.92 Å². The zero-order chi connectivity index (χ0) is 17.5. The van der Waals surface area contributed by atoms with Crippen LogP contribution < -0.4 is 10.6 Å². The summed E-state index contributed by atoms with van der Waals surface area (Å²) in [6, 6.07) is 16.1. The Kier molecular flexibility index (Phi) is 6.55. The molecule has 0 bridgehead atoms. The fourth-order valence-corrected chi connectivity index (χ4v) is 2.52. The number of rotatable bonds is 6. The Balaban J connectivity index is 1.99. The summed E-state index contributed by atoms with van der Waals surface area (Å²) in [6.07, 6.45) is 0. The summed E-state index contributed by atoms with van der Waals surface area (Å²) in [5.41, 5.74) is 1.55. The Morgan fingerprint density at radius 1 is 1.00 bits per heavy atom. The fraction of sp³-hybridized carbons (Fsp3) is 0.263. The van der Waals surface area contributed by atoms with Gasteiger partial charge in [-0.15, -0.1) is 0 Å². The Labute approximate surface area is 150 Å². The summed E-state index contributed by atoms with van der Waals surface area (Å²) in [4.78, 5) is 24.8. The molecule has 0 unspecified atom stereocenters. The Morgan fingerprint density at radius 3 is 2.21 bits per heavy atom.